The van der Waals surface area contributed by atoms with Gasteiger partial charge in [-0.15, -0.1) is 0 Å². The maximum absolute atomic E-state index is 11.1. The molecule has 1 unspecified atom stereocenters. The minimum Gasteiger partial charge on any atom is -0.506 e. The zero-order chi connectivity index (χ0) is 12.5. The molecule has 1 aromatic rings. The highest BCUT2D eigenvalue weighted by atomic mass is 35.5. The monoisotopic (exact) mass is 242 g/mol. The normalized spacial score (nSPS) is 12.8. The number of aryl methyl sites for hydroxylation is 1. The van der Waals surface area contributed by atoms with Gasteiger partial charge in [0.25, 0.3) is 0 Å². The van der Waals surface area contributed by atoms with Gasteiger partial charge < -0.3 is 10.2 Å². The number of phenolic OH excluding ortho intramolecular Hbond substituents is 1. The van der Waals surface area contributed by atoms with Crippen molar-refractivity contribution >= 4 is 17.6 Å². The molecule has 0 aliphatic heterocycles. The number of aliphatic carboxylic acids is 1. The minimum absolute atomic E-state index is 0.0440. The van der Waals surface area contributed by atoms with Crippen molar-refractivity contribution in [1.29, 1.82) is 0 Å². The van der Waals surface area contributed by atoms with Crippen molar-refractivity contribution in [3.63, 3.8) is 0 Å². The minimum atomic E-state index is -0.892. The largest absolute Gasteiger partial charge is 0.506 e. The van der Waals surface area contributed by atoms with Crippen molar-refractivity contribution < 1.29 is 15.0 Å². The molecule has 0 radical (unpaired) electrons. The quantitative estimate of drug-likeness (QED) is 0.856. The van der Waals surface area contributed by atoms with Crippen LogP contribution in [0.3, 0.4) is 0 Å². The van der Waals surface area contributed by atoms with Crippen molar-refractivity contribution in [3.05, 3.63) is 28.3 Å². The van der Waals surface area contributed by atoms with Gasteiger partial charge in [-0.3, -0.25) is 4.79 Å². The van der Waals surface area contributed by atoms with E-state index in [1.54, 1.807) is 13.0 Å². The van der Waals surface area contributed by atoms with Crippen LogP contribution in [0.2, 0.25) is 5.02 Å². The first-order valence-corrected chi connectivity index (χ1v) is 5.44. The summed E-state index contributed by atoms with van der Waals surface area (Å²) in [6, 6.07) is 3.13. The fraction of sp³-hybridized carbons (Fsp3) is 0.417. The molecule has 1 rings (SSSR count). The summed E-state index contributed by atoms with van der Waals surface area (Å²) in [5, 5.41) is 19.0. The molecule has 0 saturated carbocycles. The summed E-state index contributed by atoms with van der Waals surface area (Å²) in [4.78, 5) is 11.1. The maximum atomic E-state index is 11.1. The lowest BCUT2D eigenvalue weighted by Gasteiger charge is -2.18. The fourth-order valence-electron chi connectivity index (χ4n) is 1.77. The SMILES string of the molecule is Cc1cc(C(C(=O)O)C(C)C)cc(O)c1Cl. The molecule has 3 nitrogen and oxygen atoms in total. The van der Waals surface area contributed by atoms with Crippen molar-refractivity contribution in [2.45, 2.75) is 26.7 Å². The van der Waals surface area contributed by atoms with Gasteiger partial charge in [0.1, 0.15) is 5.75 Å². The predicted molar refractivity (Wildman–Crippen MR) is 63.1 cm³/mol. The number of carboxylic acids is 1. The van der Waals surface area contributed by atoms with Crippen LogP contribution in [0.15, 0.2) is 12.1 Å². The first-order valence-electron chi connectivity index (χ1n) is 5.06. The second-order valence-electron chi connectivity index (χ2n) is 4.23. The highest BCUT2D eigenvalue weighted by molar-refractivity contribution is 6.32. The molecule has 0 spiro atoms. The lowest BCUT2D eigenvalue weighted by atomic mass is 9.87. The first kappa shape index (κ1) is 12.8. The van der Waals surface area contributed by atoms with Crippen molar-refractivity contribution in [1.82, 2.24) is 0 Å². The van der Waals surface area contributed by atoms with Gasteiger partial charge >= 0.3 is 5.97 Å². The number of benzene rings is 1. The summed E-state index contributed by atoms with van der Waals surface area (Å²) in [6.45, 7) is 5.41. The van der Waals surface area contributed by atoms with Crippen LogP contribution in [0.1, 0.15) is 30.9 Å². The summed E-state index contributed by atoms with van der Waals surface area (Å²) in [7, 11) is 0. The average Bonchev–Trinajstić information content (AvgIpc) is 2.12. The Balaban J connectivity index is 3.26. The van der Waals surface area contributed by atoms with Crippen LogP contribution >= 0.6 is 11.6 Å². The molecule has 88 valence electrons. The number of carbonyl (C=O) groups is 1. The van der Waals surface area contributed by atoms with Crippen molar-refractivity contribution in [3.8, 4) is 5.75 Å². The first-order chi connectivity index (χ1) is 7.34. The molecule has 0 heterocycles. The Kier molecular flexibility index (Phi) is 3.81. The van der Waals surface area contributed by atoms with Gasteiger partial charge in [-0.1, -0.05) is 31.5 Å². The molecule has 0 aliphatic carbocycles. The van der Waals surface area contributed by atoms with E-state index >= 15 is 0 Å². The van der Waals surface area contributed by atoms with Gasteiger partial charge in [0, 0.05) is 0 Å². The van der Waals surface area contributed by atoms with Crippen LogP contribution in [-0.4, -0.2) is 16.2 Å². The van der Waals surface area contributed by atoms with Gasteiger partial charge in [-0.25, -0.2) is 0 Å². The van der Waals surface area contributed by atoms with E-state index in [1.165, 1.54) is 6.07 Å². The second kappa shape index (κ2) is 4.74. The van der Waals surface area contributed by atoms with Gasteiger partial charge in [0.15, 0.2) is 0 Å². The average molecular weight is 243 g/mol. The number of phenols is 1. The number of carboxylic acid groups (broad SMARTS) is 1. The predicted octanol–water partition coefficient (Wildman–Crippen LogP) is 3.18. The highest BCUT2D eigenvalue weighted by Gasteiger charge is 2.24. The van der Waals surface area contributed by atoms with Gasteiger partial charge in [0.05, 0.1) is 10.9 Å². The lowest BCUT2D eigenvalue weighted by molar-refractivity contribution is -0.139. The zero-order valence-electron chi connectivity index (χ0n) is 9.49. The fourth-order valence-corrected chi connectivity index (χ4v) is 1.88. The second-order valence-corrected chi connectivity index (χ2v) is 4.61. The van der Waals surface area contributed by atoms with E-state index < -0.39 is 11.9 Å². The summed E-state index contributed by atoms with van der Waals surface area (Å²) < 4.78 is 0. The van der Waals surface area contributed by atoms with E-state index in [0.29, 0.717) is 11.1 Å². The van der Waals surface area contributed by atoms with Crippen LogP contribution in [0, 0.1) is 12.8 Å². The Hall–Kier alpha value is -1.22. The molecular formula is C12H15ClO3. The number of rotatable bonds is 3. The van der Waals surface area contributed by atoms with Crippen molar-refractivity contribution in [2.75, 3.05) is 0 Å². The Labute approximate surface area is 99.7 Å². The molecule has 4 heteroatoms. The van der Waals surface area contributed by atoms with Crippen LogP contribution < -0.4 is 0 Å². The summed E-state index contributed by atoms with van der Waals surface area (Å²) in [5.41, 5.74) is 1.27. The molecule has 0 fully saturated rings. The molecule has 16 heavy (non-hydrogen) atoms. The summed E-state index contributed by atoms with van der Waals surface area (Å²) in [5.74, 6) is -1.63. The number of hydrogen-bond donors (Lipinski definition) is 2. The highest BCUT2D eigenvalue weighted by Crippen LogP contribution is 2.33. The van der Waals surface area contributed by atoms with Crippen LogP contribution in [0.25, 0.3) is 0 Å². The standard InChI is InChI=1S/C12H15ClO3/c1-6(2)10(12(15)16)8-4-7(3)11(13)9(14)5-8/h4-6,10,14H,1-3H3,(H,15,16). The third-order valence-corrected chi connectivity index (χ3v) is 3.04. The van der Waals surface area contributed by atoms with Gasteiger partial charge in [-0.05, 0) is 30.0 Å². The van der Waals surface area contributed by atoms with E-state index in [1.807, 2.05) is 13.8 Å². The number of aromatic hydroxyl groups is 1. The van der Waals surface area contributed by atoms with E-state index in [4.69, 9.17) is 16.7 Å². The Morgan fingerprint density at radius 2 is 1.94 bits per heavy atom. The van der Waals surface area contributed by atoms with Crippen molar-refractivity contribution in [2.24, 2.45) is 5.92 Å². The van der Waals surface area contributed by atoms with E-state index in [0.717, 1.165) is 0 Å². The third kappa shape index (κ3) is 2.47. The van der Waals surface area contributed by atoms with Crippen LogP contribution in [0.4, 0.5) is 0 Å². The number of hydrogen-bond acceptors (Lipinski definition) is 2. The Bertz CT molecular complexity index is 390. The lowest BCUT2D eigenvalue weighted by Crippen LogP contribution is -2.17. The molecule has 0 amide bonds. The summed E-state index contributed by atoms with van der Waals surface area (Å²) >= 11 is 5.82. The smallest absolute Gasteiger partial charge is 0.311 e. The molecule has 0 saturated heterocycles. The third-order valence-electron chi connectivity index (χ3n) is 2.55. The van der Waals surface area contributed by atoms with Crippen LogP contribution in [0.5, 0.6) is 5.75 Å². The number of halogens is 1. The van der Waals surface area contributed by atoms with E-state index in [2.05, 4.69) is 0 Å². The van der Waals surface area contributed by atoms with E-state index in [-0.39, 0.29) is 16.7 Å². The summed E-state index contributed by atoms with van der Waals surface area (Å²) in [6.07, 6.45) is 0. The molecular weight excluding hydrogens is 228 g/mol. The molecule has 1 aromatic carbocycles. The van der Waals surface area contributed by atoms with Gasteiger partial charge in [0.2, 0.25) is 0 Å². The van der Waals surface area contributed by atoms with E-state index in [9.17, 15) is 9.90 Å². The molecule has 0 aromatic heterocycles. The van der Waals surface area contributed by atoms with Gasteiger partial charge in [-0.2, -0.15) is 0 Å². The molecule has 1 atom stereocenters. The maximum Gasteiger partial charge on any atom is 0.311 e. The molecule has 0 aliphatic rings. The molecule has 2 N–H and O–H groups in total. The Morgan fingerprint density at radius 1 is 1.38 bits per heavy atom. The molecule has 0 bridgehead atoms. The Morgan fingerprint density at radius 3 is 2.31 bits per heavy atom. The zero-order valence-corrected chi connectivity index (χ0v) is 10.2. The van der Waals surface area contributed by atoms with Crippen LogP contribution in [-0.2, 0) is 4.79 Å². The topological polar surface area (TPSA) is 57.5 Å².